The number of nitro groups is 1. The maximum Gasteiger partial charge on any atom is 0.329 e. The van der Waals surface area contributed by atoms with Crippen LogP contribution in [0.5, 0.6) is 0 Å². The Balaban J connectivity index is 1.59. The molecule has 1 aliphatic rings. The van der Waals surface area contributed by atoms with E-state index < -0.39 is 4.92 Å². The lowest BCUT2D eigenvalue weighted by Crippen LogP contribution is -2.39. The molecular weight excluding hydrogens is 324 g/mol. The number of carbonyl (C=O) groups is 1. The van der Waals surface area contributed by atoms with Crippen molar-refractivity contribution in [3.63, 3.8) is 0 Å². The van der Waals surface area contributed by atoms with E-state index in [9.17, 15) is 14.9 Å². The third-order valence-electron chi connectivity index (χ3n) is 4.17. The number of aromatic nitrogens is 2. The Kier molecular flexibility index (Phi) is 4.73. The summed E-state index contributed by atoms with van der Waals surface area (Å²) in [4.78, 5) is 32.4. The highest BCUT2D eigenvalue weighted by Gasteiger charge is 2.27. The van der Waals surface area contributed by atoms with Gasteiger partial charge >= 0.3 is 5.69 Å². The summed E-state index contributed by atoms with van der Waals surface area (Å²) in [5.74, 6) is 0.103. The SMILES string of the molecule is Nc1nc(N2CCC(C(=O)Nc3ccccc3)CC2)ncc1[N+](=O)[O-]. The van der Waals surface area contributed by atoms with Crippen LogP contribution in [-0.2, 0) is 4.79 Å². The maximum absolute atomic E-state index is 12.3. The van der Waals surface area contributed by atoms with Crippen molar-refractivity contribution in [3.05, 3.63) is 46.6 Å². The summed E-state index contributed by atoms with van der Waals surface area (Å²) in [5, 5.41) is 13.7. The molecule has 1 fully saturated rings. The normalized spacial score (nSPS) is 15.0. The van der Waals surface area contributed by atoms with E-state index in [1.807, 2.05) is 35.2 Å². The maximum atomic E-state index is 12.3. The molecule has 9 heteroatoms. The van der Waals surface area contributed by atoms with Gasteiger partial charge in [-0.05, 0) is 25.0 Å². The molecule has 2 aromatic rings. The van der Waals surface area contributed by atoms with Gasteiger partial charge in [0.05, 0.1) is 4.92 Å². The lowest BCUT2D eigenvalue weighted by molar-refractivity contribution is -0.384. The predicted octanol–water partition coefficient (Wildman–Crippen LogP) is 1.82. The second-order valence-electron chi connectivity index (χ2n) is 5.81. The third-order valence-corrected chi connectivity index (χ3v) is 4.17. The van der Waals surface area contributed by atoms with Gasteiger partial charge < -0.3 is 16.0 Å². The second kappa shape index (κ2) is 7.12. The number of rotatable bonds is 4. The van der Waals surface area contributed by atoms with Gasteiger partial charge in [-0.15, -0.1) is 0 Å². The number of carbonyl (C=O) groups excluding carboxylic acids is 1. The van der Waals surface area contributed by atoms with E-state index in [2.05, 4.69) is 15.3 Å². The second-order valence-corrected chi connectivity index (χ2v) is 5.81. The molecule has 1 aromatic carbocycles. The van der Waals surface area contributed by atoms with Crippen LogP contribution in [0.25, 0.3) is 0 Å². The number of nitrogens with zero attached hydrogens (tertiary/aromatic N) is 4. The van der Waals surface area contributed by atoms with Gasteiger partial charge in [-0.25, -0.2) is 4.98 Å². The van der Waals surface area contributed by atoms with E-state index in [1.54, 1.807) is 0 Å². The fourth-order valence-electron chi connectivity index (χ4n) is 2.78. The summed E-state index contributed by atoms with van der Waals surface area (Å²) in [6.07, 6.45) is 2.42. The molecule has 1 aromatic heterocycles. The van der Waals surface area contributed by atoms with Crippen molar-refractivity contribution < 1.29 is 9.72 Å². The van der Waals surface area contributed by atoms with Gasteiger partial charge in [0, 0.05) is 24.7 Å². The van der Waals surface area contributed by atoms with Gasteiger partial charge in [-0.1, -0.05) is 18.2 Å². The zero-order valence-corrected chi connectivity index (χ0v) is 13.5. The summed E-state index contributed by atoms with van der Waals surface area (Å²) < 4.78 is 0. The summed E-state index contributed by atoms with van der Waals surface area (Å²) in [7, 11) is 0. The zero-order chi connectivity index (χ0) is 17.8. The minimum atomic E-state index is -0.612. The first-order chi connectivity index (χ1) is 12.0. The number of para-hydroxylation sites is 1. The smallest absolute Gasteiger partial charge is 0.329 e. The van der Waals surface area contributed by atoms with Crippen LogP contribution < -0.4 is 16.0 Å². The van der Waals surface area contributed by atoms with Crippen molar-refractivity contribution in [1.29, 1.82) is 0 Å². The predicted molar refractivity (Wildman–Crippen MR) is 93.1 cm³/mol. The van der Waals surface area contributed by atoms with Gasteiger partial charge in [-0.2, -0.15) is 4.98 Å². The van der Waals surface area contributed by atoms with Gasteiger partial charge in [0.2, 0.25) is 17.7 Å². The standard InChI is InChI=1S/C16H18N6O3/c17-14-13(22(24)25)10-18-16(20-14)21-8-6-11(7-9-21)15(23)19-12-4-2-1-3-5-12/h1-5,10-11H,6-9H2,(H,19,23)(H2,17,18,20). The van der Waals surface area contributed by atoms with Crippen LogP contribution in [0, 0.1) is 16.0 Å². The number of nitrogens with one attached hydrogen (secondary N) is 1. The molecule has 0 bridgehead atoms. The molecule has 1 aliphatic heterocycles. The Bertz CT molecular complexity index is 775. The average molecular weight is 342 g/mol. The first kappa shape index (κ1) is 16.6. The van der Waals surface area contributed by atoms with Crippen LogP contribution in [0.1, 0.15) is 12.8 Å². The summed E-state index contributed by atoms with van der Waals surface area (Å²) in [6.45, 7) is 1.17. The number of hydrogen-bond acceptors (Lipinski definition) is 7. The fraction of sp³-hybridized carbons (Fsp3) is 0.312. The Hall–Kier alpha value is -3.23. The molecule has 0 radical (unpaired) electrons. The lowest BCUT2D eigenvalue weighted by atomic mass is 9.96. The highest BCUT2D eigenvalue weighted by Crippen LogP contribution is 2.25. The van der Waals surface area contributed by atoms with Crippen molar-refractivity contribution in [1.82, 2.24) is 9.97 Å². The molecule has 1 amide bonds. The first-order valence-corrected chi connectivity index (χ1v) is 7.92. The molecule has 2 heterocycles. The Labute approximate surface area is 144 Å². The highest BCUT2D eigenvalue weighted by molar-refractivity contribution is 5.92. The Morgan fingerprint density at radius 2 is 1.96 bits per heavy atom. The Morgan fingerprint density at radius 1 is 1.28 bits per heavy atom. The van der Waals surface area contributed by atoms with E-state index in [1.165, 1.54) is 0 Å². The molecule has 130 valence electrons. The first-order valence-electron chi connectivity index (χ1n) is 7.92. The number of anilines is 3. The molecule has 0 aliphatic carbocycles. The molecule has 25 heavy (non-hydrogen) atoms. The van der Waals surface area contributed by atoms with Crippen molar-refractivity contribution in [2.45, 2.75) is 12.8 Å². The minimum absolute atomic E-state index is 0.00465. The molecule has 0 unspecified atom stereocenters. The zero-order valence-electron chi connectivity index (χ0n) is 13.5. The number of amides is 1. The van der Waals surface area contributed by atoms with Crippen molar-refractivity contribution in [3.8, 4) is 0 Å². The van der Waals surface area contributed by atoms with E-state index in [4.69, 9.17) is 5.73 Å². The molecule has 3 rings (SSSR count). The molecule has 1 saturated heterocycles. The van der Waals surface area contributed by atoms with E-state index in [0.717, 1.165) is 11.9 Å². The van der Waals surface area contributed by atoms with Gasteiger partial charge in [0.1, 0.15) is 6.20 Å². The van der Waals surface area contributed by atoms with E-state index >= 15 is 0 Å². The minimum Gasteiger partial charge on any atom is -0.378 e. The van der Waals surface area contributed by atoms with Crippen molar-refractivity contribution in [2.24, 2.45) is 5.92 Å². The summed E-state index contributed by atoms with van der Waals surface area (Å²) in [6, 6.07) is 9.33. The van der Waals surface area contributed by atoms with Gasteiger partial charge in [-0.3, -0.25) is 14.9 Å². The molecule has 0 spiro atoms. The van der Waals surface area contributed by atoms with Crippen LogP contribution in [-0.4, -0.2) is 33.9 Å². The molecule has 0 atom stereocenters. The third kappa shape index (κ3) is 3.82. The number of hydrogen-bond donors (Lipinski definition) is 2. The number of benzene rings is 1. The molecule has 9 nitrogen and oxygen atoms in total. The molecule has 0 saturated carbocycles. The fourth-order valence-corrected chi connectivity index (χ4v) is 2.78. The van der Waals surface area contributed by atoms with Crippen LogP contribution in [0.4, 0.5) is 23.1 Å². The van der Waals surface area contributed by atoms with E-state index in [-0.39, 0.29) is 23.3 Å². The topological polar surface area (TPSA) is 127 Å². The van der Waals surface area contributed by atoms with E-state index in [0.29, 0.717) is 31.9 Å². The average Bonchev–Trinajstić information content (AvgIpc) is 2.62. The quantitative estimate of drug-likeness (QED) is 0.640. The van der Waals surface area contributed by atoms with Gasteiger partial charge in [0.15, 0.2) is 0 Å². The van der Waals surface area contributed by atoms with Crippen LogP contribution >= 0.6 is 0 Å². The Morgan fingerprint density at radius 3 is 2.56 bits per heavy atom. The van der Waals surface area contributed by atoms with Crippen LogP contribution in [0.2, 0.25) is 0 Å². The highest BCUT2D eigenvalue weighted by atomic mass is 16.6. The van der Waals surface area contributed by atoms with Crippen LogP contribution in [0.3, 0.4) is 0 Å². The lowest BCUT2D eigenvalue weighted by Gasteiger charge is -2.31. The largest absolute Gasteiger partial charge is 0.378 e. The van der Waals surface area contributed by atoms with Crippen LogP contribution in [0.15, 0.2) is 36.5 Å². The summed E-state index contributed by atoms with van der Waals surface area (Å²) in [5.41, 5.74) is 6.08. The van der Waals surface area contributed by atoms with Gasteiger partial charge in [0.25, 0.3) is 0 Å². The molecular formula is C16H18N6O3. The van der Waals surface area contributed by atoms with Crippen molar-refractivity contribution in [2.75, 3.05) is 29.0 Å². The van der Waals surface area contributed by atoms with Crippen molar-refractivity contribution >= 4 is 29.0 Å². The molecule has 3 N–H and O–H groups in total. The number of nitrogen functional groups attached to an aromatic ring is 1. The number of piperidine rings is 1. The monoisotopic (exact) mass is 342 g/mol. The summed E-state index contributed by atoms with van der Waals surface area (Å²) >= 11 is 0. The number of nitrogens with two attached hydrogens (primary N) is 1.